The molecule has 8 heteroatoms. The van der Waals surface area contributed by atoms with Crippen molar-refractivity contribution in [3.05, 3.63) is 40.4 Å². The van der Waals surface area contributed by atoms with Crippen molar-refractivity contribution >= 4 is 21.6 Å². The monoisotopic (exact) mass is 334 g/mol. The van der Waals surface area contributed by atoms with Crippen molar-refractivity contribution in [1.82, 2.24) is 14.8 Å². The minimum Gasteiger partial charge on any atom is -0.378 e. The molecule has 0 saturated heterocycles. The summed E-state index contributed by atoms with van der Waals surface area (Å²) in [6, 6.07) is 3.67. The fourth-order valence-electron chi connectivity index (χ4n) is 1.52. The number of halogens is 4. The molecule has 0 aliphatic heterocycles. The van der Waals surface area contributed by atoms with E-state index < -0.39 is 11.7 Å². The highest BCUT2D eigenvalue weighted by molar-refractivity contribution is 9.10. The normalized spacial score (nSPS) is 11.6. The Bertz CT molecular complexity index is 580. The molecule has 4 nitrogen and oxygen atoms in total. The Kier molecular flexibility index (Phi) is 3.79. The molecule has 2 aromatic rings. The predicted octanol–water partition coefficient (Wildman–Crippen LogP) is 3.21. The minimum atomic E-state index is -4.37. The summed E-state index contributed by atoms with van der Waals surface area (Å²) in [5.74, 6) is 0.633. The maximum atomic E-state index is 12.7. The maximum absolute atomic E-state index is 12.7. The molecule has 1 N–H and O–H groups in total. The highest BCUT2D eigenvalue weighted by Crippen LogP contribution is 2.33. The van der Waals surface area contributed by atoms with E-state index in [2.05, 4.69) is 31.3 Å². The summed E-state index contributed by atoms with van der Waals surface area (Å²) in [6.45, 7) is 0.296. The molecule has 1 aromatic carbocycles. The first-order chi connectivity index (χ1) is 8.86. The summed E-state index contributed by atoms with van der Waals surface area (Å²) >= 11 is 3.07. The van der Waals surface area contributed by atoms with Gasteiger partial charge in [0.2, 0.25) is 0 Å². The van der Waals surface area contributed by atoms with Crippen molar-refractivity contribution in [3.8, 4) is 0 Å². The van der Waals surface area contributed by atoms with Crippen LogP contribution < -0.4 is 5.32 Å². The number of hydrogen-bond donors (Lipinski definition) is 1. The number of benzene rings is 1. The second-order valence-corrected chi connectivity index (χ2v) is 4.80. The van der Waals surface area contributed by atoms with Gasteiger partial charge in [-0.1, -0.05) is 15.9 Å². The lowest BCUT2D eigenvalue weighted by Crippen LogP contribution is -2.09. The first kappa shape index (κ1) is 13.9. The van der Waals surface area contributed by atoms with E-state index in [-0.39, 0.29) is 0 Å². The van der Waals surface area contributed by atoms with Crippen LogP contribution in [-0.2, 0) is 19.8 Å². The molecule has 0 radical (unpaired) electrons. The van der Waals surface area contributed by atoms with Gasteiger partial charge in [0, 0.05) is 17.2 Å². The van der Waals surface area contributed by atoms with Gasteiger partial charge >= 0.3 is 6.18 Å². The van der Waals surface area contributed by atoms with Crippen LogP contribution in [-0.4, -0.2) is 14.8 Å². The third kappa shape index (κ3) is 3.46. The average Bonchev–Trinajstić information content (AvgIpc) is 2.70. The largest absolute Gasteiger partial charge is 0.416 e. The SMILES string of the molecule is Cn1ncnc1CNc1cc(Br)cc(C(F)(F)F)c1. The topological polar surface area (TPSA) is 42.7 Å². The van der Waals surface area contributed by atoms with Gasteiger partial charge in [-0.3, -0.25) is 4.68 Å². The molecule has 0 fully saturated rings. The number of hydrogen-bond acceptors (Lipinski definition) is 3. The summed E-state index contributed by atoms with van der Waals surface area (Å²) in [7, 11) is 1.71. The van der Waals surface area contributed by atoms with E-state index in [4.69, 9.17) is 0 Å². The van der Waals surface area contributed by atoms with Crippen LogP contribution >= 0.6 is 15.9 Å². The molecule has 19 heavy (non-hydrogen) atoms. The van der Waals surface area contributed by atoms with E-state index >= 15 is 0 Å². The minimum absolute atomic E-state index is 0.296. The summed E-state index contributed by atoms with van der Waals surface area (Å²) in [4.78, 5) is 3.98. The van der Waals surface area contributed by atoms with Crippen LogP contribution in [0.25, 0.3) is 0 Å². The van der Waals surface area contributed by atoms with Gasteiger partial charge in [-0.25, -0.2) is 4.98 Å². The third-order valence-electron chi connectivity index (χ3n) is 2.48. The van der Waals surface area contributed by atoms with Crippen LogP contribution in [0.3, 0.4) is 0 Å². The molecule has 0 bridgehead atoms. The zero-order valence-corrected chi connectivity index (χ0v) is 11.5. The highest BCUT2D eigenvalue weighted by Gasteiger charge is 2.31. The fraction of sp³-hybridized carbons (Fsp3) is 0.273. The highest BCUT2D eigenvalue weighted by atomic mass is 79.9. The first-order valence-electron chi connectivity index (χ1n) is 5.31. The second-order valence-electron chi connectivity index (χ2n) is 3.88. The lowest BCUT2D eigenvalue weighted by Gasteiger charge is -2.11. The van der Waals surface area contributed by atoms with Gasteiger partial charge in [-0.2, -0.15) is 18.3 Å². The Balaban J connectivity index is 2.17. The molecule has 0 aliphatic rings. The number of nitrogens with zero attached hydrogens (tertiary/aromatic N) is 3. The van der Waals surface area contributed by atoms with Gasteiger partial charge in [-0.15, -0.1) is 0 Å². The van der Waals surface area contributed by atoms with E-state index in [1.54, 1.807) is 17.8 Å². The smallest absolute Gasteiger partial charge is 0.378 e. The van der Waals surface area contributed by atoms with Gasteiger partial charge in [0.25, 0.3) is 0 Å². The molecule has 0 aliphatic carbocycles. The molecule has 102 valence electrons. The molecular formula is C11H10BrF3N4. The zero-order valence-electron chi connectivity index (χ0n) is 9.87. The average molecular weight is 335 g/mol. The van der Waals surface area contributed by atoms with Crippen LogP contribution in [0.4, 0.5) is 18.9 Å². The van der Waals surface area contributed by atoms with Crippen LogP contribution in [0.2, 0.25) is 0 Å². The van der Waals surface area contributed by atoms with Crippen molar-refractivity contribution in [2.24, 2.45) is 7.05 Å². The van der Waals surface area contributed by atoms with E-state index in [0.29, 0.717) is 22.5 Å². The van der Waals surface area contributed by atoms with E-state index in [9.17, 15) is 13.2 Å². The summed E-state index contributed by atoms with van der Waals surface area (Å²) in [5, 5.41) is 6.77. The molecule has 0 amide bonds. The molecule has 0 unspecified atom stereocenters. The number of aromatic nitrogens is 3. The van der Waals surface area contributed by atoms with Gasteiger partial charge in [0.15, 0.2) is 0 Å². The van der Waals surface area contributed by atoms with Gasteiger partial charge in [-0.05, 0) is 18.2 Å². The predicted molar refractivity (Wildman–Crippen MR) is 67.5 cm³/mol. The number of nitrogens with one attached hydrogen (secondary N) is 1. The lowest BCUT2D eigenvalue weighted by atomic mass is 10.2. The Hall–Kier alpha value is -1.57. The molecule has 2 rings (SSSR count). The van der Waals surface area contributed by atoms with Crippen molar-refractivity contribution in [2.75, 3.05) is 5.32 Å². The van der Waals surface area contributed by atoms with Crippen molar-refractivity contribution in [3.63, 3.8) is 0 Å². The van der Waals surface area contributed by atoms with Crippen molar-refractivity contribution in [1.29, 1.82) is 0 Å². The van der Waals surface area contributed by atoms with Crippen molar-refractivity contribution < 1.29 is 13.2 Å². The third-order valence-corrected chi connectivity index (χ3v) is 2.94. The van der Waals surface area contributed by atoms with Gasteiger partial charge in [0.1, 0.15) is 12.2 Å². The summed E-state index contributed by atoms with van der Waals surface area (Å²) in [5.41, 5.74) is -0.341. The number of aryl methyl sites for hydroxylation is 1. The second kappa shape index (κ2) is 5.20. The lowest BCUT2D eigenvalue weighted by molar-refractivity contribution is -0.137. The Morgan fingerprint density at radius 3 is 2.63 bits per heavy atom. The summed E-state index contributed by atoms with van der Waals surface area (Å²) < 4.78 is 39.9. The Morgan fingerprint density at radius 1 is 1.32 bits per heavy atom. The standard InChI is InChI=1S/C11H10BrF3N4/c1-19-10(17-6-18-19)5-16-9-3-7(11(13,14)15)2-8(12)4-9/h2-4,6,16H,5H2,1H3. The van der Waals surface area contributed by atoms with E-state index in [0.717, 1.165) is 12.1 Å². The quantitative estimate of drug-likeness (QED) is 0.937. The first-order valence-corrected chi connectivity index (χ1v) is 6.10. The molecule has 0 saturated carbocycles. The van der Waals surface area contributed by atoms with Crippen LogP contribution in [0, 0.1) is 0 Å². The fourth-order valence-corrected chi connectivity index (χ4v) is 2.01. The van der Waals surface area contributed by atoms with Gasteiger partial charge < -0.3 is 5.32 Å². The Morgan fingerprint density at radius 2 is 2.05 bits per heavy atom. The zero-order chi connectivity index (χ0) is 14.0. The van der Waals surface area contributed by atoms with Crippen LogP contribution in [0.15, 0.2) is 29.0 Å². The molecular weight excluding hydrogens is 325 g/mol. The van der Waals surface area contributed by atoms with Crippen molar-refractivity contribution in [2.45, 2.75) is 12.7 Å². The molecule has 1 aromatic heterocycles. The number of alkyl halides is 3. The number of anilines is 1. The summed E-state index contributed by atoms with van der Waals surface area (Å²) in [6.07, 6.45) is -2.98. The molecule has 0 spiro atoms. The number of rotatable bonds is 3. The maximum Gasteiger partial charge on any atom is 0.416 e. The van der Waals surface area contributed by atoms with E-state index in [1.807, 2.05) is 0 Å². The van der Waals surface area contributed by atoms with Crippen LogP contribution in [0.5, 0.6) is 0 Å². The van der Waals surface area contributed by atoms with E-state index in [1.165, 1.54) is 6.33 Å². The molecule has 0 atom stereocenters. The molecule has 1 heterocycles. The Labute approximate surface area is 115 Å². The van der Waals surface area contributed by atoms with Gasteiger partial charge in [0.05, 0.1) is 12.1 Å². The van der Waals surface area contributed by atoms with Crippen LogP contribution in [0.1, 0.15) is 11.4 Å².